The number of para-hydroxylation sites is 2. The Morgan fingerprint density at radius 2 is 1.39 bits per heavy atom. The molecular weight excluding hydrogens is 751 g/mol. The number of ether oxygens (including phenoxy) is 2. The first-order valence-electron chi connectivity index (χ1n) is 21.2. The highest BCUT2D eigenvalue weighted by atomic mass is 16.5. The Kier molecular flexibility index (Phi) is 14.0. The Bertz CT molecular complexity index is 1910. The summed E-state index contributed by atoms with van der Waals surface area (Å²) in [6.45, 7) is 5.20. The summed E-state index contributed by atoms with van der Waals surface area (Å²) in [5, 5.41) is 5.57. The van der Waals surface area contributed by atoms with E-state index in [1.807, 2.05) is 36.4 Å². The summed E-state index contributed by atoms with van der Waals surface area (Å²) in [4.78, 5) is 73.8. The van der Waals surface area contributed by atoms with Gasteiger partial charge in [0.1, 0.15) is 12.4 Å². The largest absolute Gasteiger partial charge is 0.494 e. The fourth-order valence-corrected chi connectivity index (χ4v) is 7.80. The van der Waals surface area contributed by atoms with Gasteiger partial charge in [-0.1, -0.05) is 42.8 Å². The summed E-state index contributed by atoms with van der Waals surface area (Å²) >= 11 is 0. The van der Waals surface area contributed by atoms with Crippen LogP contribution in [-0.4, -0.2) is 86.7 Å². The normalized spacial score (nSPS) is 17.2. The van der Waals surface area contributed by atoms with E-state index in [1.54, 1.807) is 34.1 Å². The van der Waals surface area contributed by atoms with E-state index in [-0.39, 0.29) is 31.2 Å². The number of primary amides is 1. The maximum Gasteiger partial charge on any atom is 0.407 e. The number of amides is 6. The number of anilines is 3. The smallest absolute Gasteiger partial charge is 0.407 e. The van der Waals surface area contributed by atoms with Crippen molar-refractivity contribution in [3.05, 3.63) is 83.9 Å². The molecule has 2 heterocycles. The molecule has 3 fully saturated rings. The van der Waals surface area contributed by atoms with Crippen LogP contribution in [0.4, 0.5) is 26.7 Å². The molecule has 0 aromatic heterocycles. The van der Waals surface area contributed by atoms with Crippen LogP contribution in [0.25, 0.3) is 0 Å². The molecule has 0 spiro atoms. The Balaban J connectivity index is 0.856. The van der Waals surface area contributed by atoms with E-state index >= 15 is 0 Å². The fraction of sp³-hybridized carbons (Fsp3) is 0.489. The zero-order valence-corrected chi connectivity index (χ0v) is 33.8. The molecule has 4 N–H and O–H groups in total. The van der Waals surface area contributed by atoms with Crippen LogP contribution >= 0.6 is 0 Å². The molecule has 59 heavy (non-hydrogen) atoms. The molecule has 2 aliphatic carbocycles. The average Bonchev–Trinajstić information content (AvgIpc) is 4.19. The van der Waals surface area contributed by atoms with Crippen LogP contribution in [0.5, 0.6) is 5.75 Å². The number of fused-ring (bicyclic) bond motifs is 1. The third kappa shape index (κ3) is 11.5. The Morgan fingerprint density at radius 3 is 2.05 bits per heavy atom. The number of carbonyl (C=O) groups excluding carboxylic acids is 5. The van der Waals surface area contributed by atoms with Gasteiger partial charge in [0.25, 0.3) is 11.8 Å². The molecule has 3 aromatic rings. The standard InChI is InChI=1S/C45H57N7O7/c46-44(56)52(41-42(54)50(29-32-17-18-32)38-14-2-3-15-39(38)51(43(41)55)30-33-19-20-33)36-12-6-11-35(26-36)31-59-45(57)48-21-8-16-40(53)47-22-9-25-58-37-13-7-10-34(27-37)28-49-23-4-1-5-24-49/h2-3,6-7,10-15,26-27,32-33,41H,1,4-5,8-9,16-25,28-31H2,(H2,46,56)(H,47,53)(H,48,57). The van der Waals surface area contributed by atoms with E-state index in [2.05, 4.69) is 27.7 Å². The van der Waals surface area contributed by atoms with Crippen molar-refractivity contribution in [2.24, 2.45) is 17.6 Å². The molecule has 3 aromatic carbocycles. The van der Waals surface area contributed by atoms with Crippen molar-refractivity contribution in [2.45, 2.75) is 83.4 Å². The predicted molar refractivity (Wildman–Crippen MR) is 225 cm³/mol. The third-order valence-electron chi connectivity index (χ3n) is 11.3. The minimum absolute atomic E-state index is 0.111. The van der Waals surface area contributed by atoms with Gasteiger partial charge in [0.05, 0.1) is 18.0 Å². The van der Waals surface area contributed by atoms with Crippen molar-refractivity contribution in [2.75, 3.05) is 60.6 Å². The van der Waals surface area contributed by atoms with Gasteiger partial charge in [0.2, 0.25) is 5.91 Å². The van der Waals surface area contributed by atoms with Crippen molar-refractivity contribution in [3.63, 3.8) is 0 Å². The lowest BCUT2D eigenvalue weighted by molar-refractivity contribution is -0.128. The molecule has 7 rings (SSSR count). The molecule has 314 valence electrons. The fourth-order valence-electron chi connectivity index (χ4n) is 7.80. The first-order chi connectivity index (χ1) is 28.7. The topological polar surface area (TPSA) is 167 Å². The maximum absolute atomic E-state index is 14.4. The van der Waals surface area contributed by atoms with Gasteiger partial charge in [-0.05, 0) is 124 Å². The molecule has 4 aliphatic rings. The molecule has 0 bridgehead atoms. The molecule has 0 radical (unpaired) electrons. The first kappa shape index (κ1) is 41.5. The maximum atomic E-state index is 14.4. The number of nitrogens with two attached hydrogens (primary N) is 1. The summed E-state index contributed by atoms with van der Waals surface area (Å²) in [5.74, 6) is 0.361. The number of alkyl carbamates (subject to hydrolysis) is 1. The molecule has 0 atom stereocenters. The van der Waals surface area contributed by atoms with Gasteiger partial charge in [-0.2, -0.15) is 0 Å². The predicted octanol–water partition coefficient (Wildman–Crippen LogP) is 5.72. The van der Waals surface area contributed by atoms with Crippen molar-refractivity contribution in [1.82, 2.24) is 15.5 Å². The lowest BCUT2D eigenvalue weighted by Crippen LogP contribution is -2.59. The highest BCUT2D eigenvalue weighted by Gasteiger charge is 2.47. The SMILES string of the molecule is NC(=O)N(c1cccc(COC(=O)NCCCC(=O)NCCCOc2cccc(CN3CCCCC3)c2)c1)C1C(=O)N(CC2CC2)c2ccccc2N(CC2CC2)C1=O. The molecule has 2 saturated carbocycles. The summed E-state index contributed by atoms with van der Waals surface area (Å²) in [6, 6.07) is 19.7. The van der Waals surface area contributed by atoms with Crippen LogP contribution in [0.15, 0.2) is 72.8 Å². The number of urea groups is 1. The van der Waals surface area contributed by atoms with E-state index in [0.717, 1.165) is 56.0 Å². The van der Waals surface area contributed by atoms with Crippen LogP contribution in [0.1, 0.15) is 75.3 Å². The number of hydrogen-bond donors (Lipinski definition) is 3. The lowest BCUT2D eigenvalue weighted by Gasteiger charge is -2.32. The van der Waals surface area contributed by atoms with Gasteiger partial charge in [0.15, 0.2) is 6.04 Å². The third-order valence-corrected chi connectivity index (χ3v) is 11.3. The molecule has 1 saturated heterocycles. The van der Waals surface area contributed by atoms with Gasteiger partial charge in [0, 0.05) is 44.8 Å². The minimum atomic E-state index is -1.51. The highest BCUT2D eigenvalue weighted by Crippen LogP contribution is 2.41. The number of benzene rings is 3. The van der Waals surface area contributed by atoms with E-state index in [9.17, 15) is 24.0 Å². The van der Waals surface area contributed by atoms with Gasteiger partial charge in [-0.15, -0.1) is 0 Å². The molecule has 14 nitrogen and oxygen atoms in total. The van der Waals surface area contributed by atoms with Crippen molar-refractivity contribution < 1.29 is 33.4 Å². The van der Waals surface area contributed by atoms with Gasteiger partial charge in [-0.25, -0.2) is 9.59 Å². The van der Waals surface area contributed by atoms with E-state index in [0.29, 0.717) is 67.9 Å². The van der Waals surface area contributed by atoms with Gasteiger partial charge >= 0.3 is 12.1 Å². The van der Waals surface area contributed by atoms with Crippen LogP contribution in [0, 0.1) is 11.8 Å². The molecule has 14 heteroatoms. The van der Waals surface area contributed by atoms with Gasteiger partial charge in [-0.3, -0.25) is 24.2 Å². The van der Waals surface area contributed by atoms with Crippen molar-refractivity contribution in [1.29, 1.82) is 0 Å². The van der Waals surface area contributed by atoms with E-state index < -0.39 is 30.0 Å². The monoisotopic (exact) mass is 807 g/mol. The first-order valence-corrected chi connectivity index (χ1v) is 21.2. The summed E-state index contributed by atoms with van der Waals surface area (Å²) < 4.78 is 11.4. The Hall–Kier alpha value is -5.63. The Labute approximate surface area is 346 Å². The van der Waals surface area contributed by atoms with Crippen LogP contribution in [-0.2, 0) is 32.3 Å². The summed E-state index contributed by atoms with van der Waals surface area (Å²) in [6.07, 6.45) is 8.47. The molecule has 2 aliphatic heterocycles. The van der Waals surface area contributed by atoms with Gasteiger partial charge < -0.3 is 35.6 Å². The number of nitrogens with zero attached hydrogens (tertiary/aromatic N) is 4. The molecule has 0 unspecified atom stereocenters. The second-order valence-corrected chi connectivity index (χ2v) is 16.2. The average molecular weight is 808 g/mol. The minimum Gasteiger partial charge on any atom is -0.494 e. The lowest BCUT2D eigenvalue weighted by atomic mass is 10.1. The zero-order valence-electron chi connectivity index (χ0n) is 33.8. The van der Waals surface area contributed by atoms with Crippen LogP contribution < -0.4 is 35.8 Å². The zero-order chi connectivity index (χ0) is 41.1. The number of rotatable bonds is 19. The number of piperidine rings is 1. The number of likely N-dealkylation sites (tertiary alicyclic amines) is 1. The van der Waals surface area contributed by atoms with E-state index in [4.69, 9.17) is 15.2 Å². The summed E-state index contributed by atoms with van der Waals surface area (Å²) in [7, 11) is 0. The molecule has 6 amide bonds. The number of hydrogen-bond acceptors (Lipinski definition) is 8. The quantitative estimate of drug-likeness (QED) is 0.102. The number of nitrogens with one attached hydrogen (secondary N) is 2. The Morgan fingerprint density at radius 1 is 0.746 bits per heavy atom. The van der Waals surface area contributed by atoms with E-state index in [1.165, 1.54) is 24.8 Å². The van der Waals surface area contributed by atoms with Crippen LogP contribution in [0.3, 0.4) is 0 Å². The second-order valence-electron chi connectivity index (χ2n) is 16.2. The number of carbonyl (C=O) groups is 5. The van der Waals surface area contributed by atoms with Crippen molar-refractivity contribution in [3.8, 4) is 5.75 Å². The summed E-state index contributed by atoms with van der Waals surface area (Å²) in [5.41, 5.74) is 9.29. The second kappa shape index (κ2) is 19.9. The highest BCUT2D eigenvalue weighted by molar-refractivity contribution is 6.24. The molecular formula is C45H57N7O7. The van der Waals surface area contributed by atoms with Crippen LogP contribution in [0.2, 0.25) is 0 Å². The van der Waals surface area contributed by atoms with Crippen molar-refractivity contribution >= 4 is 46.9 Å².